The Balaban J connectivity index is 1.89. The lowest BCUT2D eigenvalue weighted by Crippen LogP contribution is -2.31. The van der Waals surface area contributed by atoms with Crippen LogP contribution in [-0.2, 0) is 9.53 Å². The predicted octanol–water partition coefficient (Wildman–Crippen LogP) is 1.37. The van der Waals surface area contributed by atoms with Crippen molar-refractivity contribution in [2.24, 2.45) is 11.1 Å². The quantitative estimate of drug-likeness (QED) is 0.819. The first-order valence-electron chi connectivity index (χ1n) is 5.91. The van der Waals surface area contributed by atoms with Crippen LogP contribution in [0.1, 0.15) is 24.4 Å². The van der Waals surface area contributed by atoms with Gasteiger partial charge in [0.05, 0.1) is 12.5 Å². The van der Waals surface area contributed by atoms with Crippen molar-refractivity contribution in [3.63, 3.8) is 0 Å². The first kappa shape index (κ1) is 11.3. The highest BCUT2D eigenvalue weighted by atomic mass is 16.7. The molecule has 1 unspecified atom stereocenters. The van der Waals surface area contributed by atoms with E-state index >= 15 is 0 Å². The molecule has 0 bridgehead atoms. The van der Waals surface area contributed by atoms with Crippen molar-refractivity contribution in [1.29, 1.82) is 0 Å². The number of rotatable bonds is 3. The minimum Gasteiger partial charge on any atom is -0.469 e. The van der Waals surface area contributed by atoms with Crippen molar-refractivity contribution in [2.45, 2.75) is 18.9 Å². The summed E-state index contributed by atoms with van der Waals surface area (Å²) in [5, 5.41) is 0. The second-order valence-corrected chi connectivity index (χ2v) is 4.74. The molecule has 1 aromatic carbocycles. The lowest BCUT2D eigenvalue weighted by atomic mass is 9.90. The predicted molar refractivity (Wildman–Crippen MR) is 63.2 cm³/mol. The van der Waals surface area contributed by atoms with Gasteiger partial charge >= 0.3 is 5.97 Å². The van der Waals surface area contributed by atoms with Crippen LogP contribution in [0.5, 0.6) is 11.5 Å². The largest absolute Gasteiger partial charge is 0.469 e. The van der Waals surface area contributed by atoms with Crippen LogP contribution in [0, 0.1) is 5.41 Å². The maximum atomic E-state index is 11.8. The summed E-state index contributed by atoms with van der Waals surface area (Å²) in [5.74, 6) is 1.17. The molecule has 0 amide bonds. The molecule has 1 aliphatic heterocycles. The van der Waals surface area contributed by atoms with Crippen LogP contribution in [-0.4, -0.2) is 19.9 Å². The number of hydrogen-bond acceptors (Lipinski definition) is 5. The van der Waals surface area contributed by atoms with E-state index in [-0.39, 0.29) is 18.8 Å². The van der Waals surface area contributed by atoms with E-state index in [1.165, 1.54) is 7.11 Å². The Morgan fingerprint density at radius 2 is 2.11 bits per heavy atom. The normalized spacial score (nSPS) is 20.3. The number of esters is 1. The standard InChI is InChI=1S/C13H15NO4/c1-16-12(15)13(4-5-13)11(14)8-2-3-9-10(6-8)18-7-17-9/h2-3,6,11H,4-5,7,14H2,1H3. The maximum absolute atomic E-state index is 11.8. The van der Waals surface area contributed by atoms with E-state index in [1.54, 1.807) is 0 Å². The van der Waals surface area contributed by atoms with E-state index in [0.29, 0.717) is 11.5 Å². The minimum absolute atomic E-state index is 0.229. The molecule has 5 nitrogen and oxygen atoms in total. The molecule has 1 saturated carbocycles. The molecule has 3 rings (SSSR count). The van der Waals surface area contributed by atoms with Gasteiger partial charge in [-0.25, -0.2) is 0 Å². The molecule has 96 valence electrons. The average Bonchev–Trinajstić information content (AvgIpc) is 3.08. The molecule has 1 atom stereocenters. The van der Waals surface area contributed by atoms with Crippen molar-refractivity contribution in [3.8, 4) is 11.5 Å². The second kappa shape index (κ2) is 3.88. The fourth-order valence-electron chi connectivity index (χ4n) is 2.41. The molecule has 1 fully saturated rings. The van der Waals surface area contributed by atoms with Gasteiger partial charge < -0.3 is 19.9 Å². The summed E-state index contributed by atoms with van der Waals surface area (Å²) < 4.78 is 15.4. The molecular weight excluding hydrogens is 234 g/mol. The molecule has 2 aliphatic rings. The van der Waals surface area contributed by atoms with Gasteiger partial charge in [-0.15, -0.1) is 0 Å². The number of ether oxygens (including phenoxy) is 3. The highest BCUT2D eigenvalue weighted by Crippen LogP contribution is 2.55. The topological polar surface area (TPSA) is 70.8 Å². The van der Waals surface area contributed by atoms with Crippen LogP contribution in [0.3, 0.4) is 0 Å². The first-order chi connectivity index (χ1) is 8.67. The Hall–Kier alpha value is -1.75. The summed E-state index contributed by atoms with van der Waals surface area (Å²) in [6.07, 6.45) is 1.55. The Morgan fingerprint density at radius 1 is 1.39 bits per heavy atom. The first-order valence-corrected chi connectivity index (χ1v) is 5.91. The van der Waals surface area contributed by atoms with Crippen molar-refractivity contribution < 1.29 is 19.0 Å². The average molecular weight is 249 g/mol. The number of nitrogens with two attached hydrogens (primary N) is 1. The number of fused-ring (bicyclic) bond motifs is 1. The van der Waals surface area contributed by atoms with Gasteiger partial charge in [-0.1, -0.05) is 6.07 Å². The van der Waals surface area contributed by atoms with Gasteiger partial charge in [0.25, 0.3) is 0 Å². The summed E-state index contributed by atoms with van der Waals surface area (Å²) in [6.45, 7) is 0.232. The molecular formula is C13H15NO4. The van der Waals surface area contributed by atoms with Gasteiger partial charge in [0, 0.05) is 6.04 Å². The summed E-state index contributed by atoms with van der Waals surface area (Å²) in [7, 11) is 1.40. The Labute approximate surface area is 105 Å². The third kappa shape index (κ3) is 1.54. The number of methoxy groups -OCH3 is 1. The summed E-state index contributed by atoms with van der Waals surface area (Å²) in [6, 6.07) is 5.18. The molecule has 5 heteroatoms. The van der Waals surface area contributed by atoms with Crippen LogP contribution < -0.4 is 15.2 Å². The zero-order valence-corrected chi connectivity index (χ0v) is 10.1. The van der Waals surface area contributed by atoms with E-state index in [4.69, 9.17) is 19.9 Å². The molecule has 0 spiro atoms. The Kier molecular flexibility index (Phi) is 2.45. The highest BCUT2D eigenvalue weighted by Gasteiger charge is 2.56. The number of carbonyl (C=O) groups excluding carboxylic acids is 1. The van der Waals surface area contributed by atoms with Gasteiger partial charge in [0.2, 0.25) is 6.79 Å². The summed E-state index contributed by atoms with van der Waals surface area (Å²) >= 11 is 0. The zero-order valence-electron chi connectivity index (χ0n) is 10.1. The Bertz CT molecular complexity index is 496. The van der Waals surface area contributed by atoms with Gasteiger partial charge in [0.1, 0.15) is 0 Å². The van der Waals surface area contributed by atoms with Gasteiger partial charge in [-0.2, -0.15) is 0 Å². The van der Waals surface area contributed by atoms with E-state index < -0.39 is 5.41 Å². The minimum atomic E-state index is -0.553. The second-order valence-electron chi connectivity index (χ2n) is 4.74. The van der Waals surface area contributed by atoms with Crippen LogP contribution in [0.2, 0.25) is 0 Å². The third-order valence-electron chi connectivity index (χ3n) is 3.73. The smallest absolute Gasteiger partial charge is 0.313 e. The van der Waals surface area contributed by atoms with Crippen LogP contribution >= 0.6 is 0 Å². The molecule has 0 aromatic heterocycles. The van der Waals surface area contributed by atoms with E-state index in [0.717, 1.165) is 18.4 Å². The summed E-state index contributed by atoms with van der Waals surface area (Å²) in [5.41, 5.74) is 6.53. The lowest BCUT2D eigenvalue weighted by Gasteiger charge is -2.21. The number of hydrogen-bond donors (Lipinski definition) is 1. The number of benzene rings is 1. The molecule has 1 heterocycles. The molecule has 0 saturated heterocycles. The number of carbonyl (C=O) groups is 1. The van der Waals surface area contributed by atoms with Crippen molar-refractivity contribution in [3.05, 3.63) is 23.8 Å². The fourth-order valence-corrected chi connectivity index (χ4v) is 2.41. The van der Waals surface area contributed by atoms with Crippen molar-refractivity contribution in [2.75, 3.05) is 13.9 Å². The molecule has 1 aromatic rings. The van der Waals surface area contributed by atoms with E-state index in [1.807, 2.05) is 18.2 Å². The molecule has 0 radical (unpaired) electrons. The van der Waals surface area contributed by atoms with Crippen LogP contribution in [0.25, 0.3) is 0 Å². The highest BCUT2D eigenvalue weighted by molar-refractivity contribution is 5.81. The molecule has 18 heavy (non-hydrogen) atoms. The van der Waals surface area contributed by atoms with Gasteiger partial charge in [-0.3, -0.25) is 4.79 Å². The van der Waals surface area contributed by atoms with E-state index in [9.17, 15) is 4.79 Å². The van der Waals surface area contributed by atoms with Crippen LogP contribution in [0.4, 0.5) is 0 Å². The molecule has 2 N–H and O–H groups in total. The van der Waals surface area contributed by atoms with Crippen molar-refractivity contribution in [1.82, 2.24) is 0 Å². The van der Waals surface area contributed by atoms with Gasteiger partial charge in [-0.05, 0) is 30.5 Å². The van der Waals surface area contributed by atoms with Crippen molar-refractivity contribution >= 4 is 5.97 Å². The SMILES string of the molecule is COC(=O)C1(C(N)c2ccc3c(c2)OCO3)CC1. The van der Waals surface area contributed by atoms with E-state index in [2.05, 4.69) is 0 Å². The maximum Gasteiger partial charge on any atom is 0.313 e. The summed E-state index contributed by atoms with van der Waals surface area (Å²) in [4.78, 5) is 11.8. The zero-order chi connectivity index (χ0) is 12.8. The van der Waals surface area contributed by atoms with Crippen LogP contribution in [0.15, 0.2) is 18.2 Å². The Morgan fingerprint density at radius 3 is 2.78 bits per heavy atom. The van der Waals surface area contributed by atoms with Gasteiger partial charge in [0.15, 0.2) is 11.5 Å². The monoisotopic (exact) mass is 249 g/mol. The fraction of sp³-hybridized carbons (Fsp3) is 0.462. The third-order valence-corrected chi connectivity index (χ3v) is 3.73. The lowest BCUT2D eigenvalue weighted by molar-refractivity contribution is -0.148. The molecule has 1 aliphatic carbocycles.